The fourth-order valence-electron chi connectivity index (χ4n) is 1.07. The number of aliphatic hydroxyl groups is 1. The largest absolute Gasteiger partial charge is 0.394 e. The lowest BCUT2D eigenvalue weighted by Crippen LogP contribution is -2.35. The summed E-state index contributed by atoms with van der Waals surface area (Å²) in [6, 6.07) is -0.250. The average molecular weight is 229 g/mol. The predicted octanol–water partition coefficient (Wildman–Crippen LogP) is 0.772. The maximum atomic E-state index is 11.7. The molecule has 6 heteroatoms. The van der Waals surface area contributed by atoms with Gasteiger partial charge in [0.25, 0.3) is 5.91 Å². The van der Waals surface area contributed by atoms with Crippen LogP contribution >= 0.6 is 11.5 Å². The Morgan fingerprint density at radius 2 is 2.20 bits per heavy atom. The first-order valence-electron chi connectivity index (χ1n) is 4.80. The number of aromatic nitrogens is 2. The van der Waals surface area contributed by atoms with Crippen LogP contribution < -0.4 is 5.32 Å². The van der Waals surface area contributed by atoms with Crippen LogP contribution in [0.25, 0.3) is 0 Å². The normalized spacial score (nSPS) is 12.9. The van der Waals surface area contributed by atoms with E-state index in [1.165, 1.54) is 0 Å². The fraction of sp³-hybridized carbons (Fsp3) is 0.667. The van der Waals surface area contributed by atoms with Gasteiger partial charge in [-0.1, -0.05) is 18.3 Å². The van der Waals surface area contributed by atoms with Crippen molar-refractivity contribution in [3.63, 3.8) is 0 Å². The third-order valence-electron chi connectivity index (χ3n) is 1.92. The van der Waals surface area contributed by atoms with E-state index in [2.05, 4.69) is 14.9 Å². The maximum absolute atomic E-state index is 11.7. The lowest BCUT2D eigenvalue weighted by Gasteiger charge is -2.10. The Labute approximate surface area is 92.7 Å². The van der Waals surface area contributed by atoms with Crippen molar-refractivity contribution in [1.82, 2.24) is 14.9 Å². The van der Waals surface area contributed by atoms with Crippen LogP contribution in [-0.2, 0) is 0 Å². The highest BCUT2D eigenvalue weighted by Crippen LogP contribution is 2.19. The first kappa shape index (κ1) is 12.1. The van der Waals surface area contributed by atoms with E-state index in [4.69, 9.17) is 5.11 Å². The smallest absolute Gasteiger partial charge is 0.265 e. The topological polar surface area (TPSA) is 75.1 Å². The third kappa shape index (κ3) is 2.97. The van der Waals surface area contributed by atoms with Crippen molar-refractivity contribution in [1.29, 1.82) is 0 Å². The van der Waals surface area contributed by atoms with E-state index in [1.807, 2.05) is 13.8 Å². The van der Waals surface area contributed by atoms with Gasteiger partial charge < -0.3 is 10.4 Å². The molecule has 1 amide bonds. The zero-order chi connectivity index (χ0) is 11.4. The van der Waals surface area contributed by atoms with Gasteiger partial charge >= 0.3 is 0 Å². The van der Waals surface area contributed by atoms with Crippen LogP contribution in [0.4, 0.5) is 0 Å². The average Bonchev–Trinajstić information content (AvgIpc) is 2.65. The molecule has 1 aromatic heterocycles. The van der Waals surface area contributed by atoms with E-state index in [0.29, 0.717) is 10.6 Å². The van der Waals surface area contributed by atoms with E-state index >= 15 is 0 Å². The van der Waals surface area contributed by atoms with E-state index in [0.717, 1.165) is 11.5 Å². The second kappa shape index (κ2) is 5.18. The molecule has 1 heterocycles. The second-order valence-corrected chi connectivity index (χ2v) is 4.45. The summed E-state index contributed by atoms with van der Waals surface area (Å²) in [5, 5.41) is 15.4. The van der Waals surface area contributed by atoms with E-state index in [-0.39, 0.29) is 24.5 Å². The lowest BCUT2D eigenvalue weighted by molar-refractivity contribution is 0.0925. The van der Waals surface area contributed by atoms with Gasteiger partial charge in [0.15, 0.2) is 0 Å². The van der Waals surface area contributed by atoms with Gasteiger partial charge in [-0.05, 0) is 24.4 Å². The minimum Gasteiger partial charge on any atom is -0.394 e. The van der Waals surface area contributed by atoms with Crippen LogP contribution in [0.15, 0.2) is 0 Å². The van der Waals surface area contributed by atoms with Crippen molar-refractivity contribution in [2.75, 3.05) is 6.61 Å². The summed E-state index contributed by atoms with van der Waals surface area (Å²) in [7, 11) is 0. The Hall–Kier alpha value is -1.01. The number of amides is 1. The molecule has 0 aromatic carbocycles. The molecule has 5 nitrogen and oxygen atoms in total. The molecule has 15 heavy (non-hydrogen) atoms. The summed E-state index contributed by atoms with van der Waals surface area (Å²) < 4.78 is 3.77. The molecule has 0 unspecified atom stereocenters. The SMILES string of the molecule is CC(C)c1nnsc1C(=O)N[C@@H](C)CO. The monoisotopic (exact) mass is 229 g/mol. The molecule has 0 aliphatic carbocycles. The number of nitrogens with zero attached hydrogens (tertiary/aromatic N) is 2. The number of carbonyl (C=O) groups excluding carboxylic acids is 1. The van der Waals surface area contributed by atoms with Gasteiger partial charge in [-0.15, -0.1) is 5.10 Å². The molecule has 0 bridgehead atoms. The summed E-state index contributed by atoms with van der Waals surface area (Å²) in [4.78, 5) is 12.2. The van der Waals surface area contributed by atoms with Gasteiger partial charge in [0.05, 0.1) is 12.3 Å². The summed E-state index contributed by atoms with van der Waals surface area (Å²) in [6.45, 7) is 5.59. The maximum Gasteiger partial charge on any atom is 0.265 e. The molecule has 0 saturated heterocycles. The predicted molar refractivity (Wildman–Crippen MR) is 58.0 cm³/mol. The highest BCUT2D eigenvalue weighted by Gasteiger charge is 2.19. The molecule has 1 aromatic rings. The highest BCUT2D eigenvalue weighted by atomic mass is 32.1. The van der Waals surface area contributed by atoms with E-state index < -0.39 is 0 Å². The Kier molecular flexibility index (Phi) is 4.16. The van der Waals surface area contributed by atoms with Crippen LogP contribution in [0.1, 0.15) is 42.1 Å². The van der Waals surface area contributed by atoms with Gasteiger partial charge in [0, 0.05) is 6.04 Å². The van der Waals surface area contributed by atoms with Gasteiger partial charge in [0.2, 0.25) is 0 Å². The van der Waals surface area contributed by atoms with Crippen LogP contribution in [0.3, 0.4) is 0 Å². The van der Waals surface area contributed by atoms with Crippen molar-refractivity contribution in [3.05, 3.63) is 10.6 Å². The molecule has 0 fully saturated rings. The van der Waals surface area contributed by atoms with Crippen molar-refractivity contribution >= 4 is 17.4 Å². The van der Waals surface area contributed by atoms with E-state index in [1.54, 1.807) is 6.92 Å². The Morgan fingerprint density at radius 3 is 2.73 bits per heavy atom. The summed E-state index contributed by atoms with van der Waals surface area (Å²) in [6.07, 6.45) is 0. The van der Waals surface area contributed by atoms with Gasteiger partial charge in [-0.25, -0.2) is 0 Å². The molecule has 0 saturated carbocycles. The van der Waals surface area contributed by atoms with Crippen molar-refractivity contribution < 1.29 is 9.90 Å². The van der Waals surface area contributed by atoms with Crippen LogP contribution in [0, 0.1) is 0 Å². The minimum atomic E-state index is -0.250. The number of hydrogen-bond acceptors (Lipinski definition) is 5. The quantitative estimate of drug-likeness (QED) is 0.799. The second-order valence-electron chi connectivity index (χ2n) is 3.70. The molecule has 1 atom stereocenters. The van der Waals surface area contributed by atoms with E-state index in [9.17, 15) is 4.79 Å². The highest BCUT2D eigenvalue weighted by molar-refractivity contribution is 7.08. The number of hydrogen-bond donors (Lipinski definition) is 2. The van der Waals surface area contributed by atoms with Crippen LogP contribution in [-0.4, -0.2) is 33.2 Å². The van der Waals surface area contributed by atoms with Gasteiger partial charge in [-0.2, -0.15) is 0 Å². The Balaban J connectivity index is 2.77. The summed E-state index contributed by atoms with van der Waals surface area (Å²) >= 11 is 1.08. The minimum absolute atomic E-state index is 0.0744. The number of aliphatic hydroxyl groups excluding tert-OH is 1. The van der Waals surface area contributed by atoms with Crippen molar-refractivity contribution in [2.45, 2.75) is 32.7 Å². The molecule has 0 aliphatic rings. The van der Waals surface area contributed by atoms with Crippen molar-refractivity contribution in [3.8, 4) is 0 Å². The zero-order valence-corrected chi connectivity index (χ0v) is 9.84. The number of rotatable bonds is 4. The molecule has 1 rings (SSSR count). The fourth-order valence-corrected chi connectivity index (χ4v) is 1.79. The third-order valence-corrected chi connectivity index (χ3v) is 2.66. The Morgan fingerprint density at radius 1 is 1.53 bits per heavy atom. The zero-order valence-electron chi connectivity index (χ0n) is 9.02. The number of nitrogens with one attached hydrogen (secondary N) is 1. The summed E-state index contributed by atoms with van der Waals surface area (Å²) in [5.74, 6) is -0.0378. The summed E-state index contributed by atoms with van der Waals surface area (Å²) in [5.41, 5.74) is 0.711. The molecule has 0 spiro atoms. The van der Waals surface area contributed by atoms with Crippen molar-refractivity contribution in [2.24, 2.45) is 0 Å². The molecular weight excluding hydrogens is 214 g/mol. The van der Waals surface area contributed by atoms with Crippen LogP contribution in [0.2, 0.25) is 0 Å². The first-order chi connectivity index (χ1) is 7.06. The van der Waals surface area contributed by atoms with Gasteiger partial charge in [0.1, 0.15) is 4.88 Å². The molecule has 2 N–H and O–H groups in total. The molecular formula is C9H15N3O2S. The first-order valence-corrected chi connectivity index (χ1v) is 5.57. The standard InChI is InChI=1S/C9H15N3O2S/c1-5(2)7-8(15-12-11-7)9(14)10-6(3)4-13/h5-6,13H,4H2,1-3H3,(H,10,14)/t6-/m0/s1. The molecule has 0 aliphatic heterocycles. The van der Waals surface area contributed by atoms with Crippen LogP contribution in [0.5, 0.6) is 0 Å². The molecule has 84 valence electrons. The van der Waals surface area contributed by atoms with Gasteiger partial charge in [-0.3, -0.25) is 4.79 Å². The number of carbonyl (C=O) groups is 1. The lowest BCUT2D eigenvalue weighted by atomic mass is 10.1. The molecule has 0 radical (unpaired) electrons. The Bertz CT molecular complexity index is 338.